The van der Waals surface area contributed by atoms with Gasteiger partial charge in [-0.2, -0.15) is 8.42 Å². The number of hydrogen-bond acceptors (Lipinski definition) is 6. The Morgan fingerprint density at radius 2 is 1.92 bits per heavy atom. The van der Waals surface area contributed by atoms with Gasteiger partial charge in [-0.25, -0.2) is 4.68 Å². The Morgan fingerprint density at radius 1 is 1.27 bits per heavy atom. The Balaban J connectivity index is 1.78. The first-order valence-electron chi connectivity index (χ1n) is 8.35. The van der Waals surface area contributed by atoms with Crippen LogP contribution in [0.15, 0.2) is 30.3 Å². The van der Waals surface area contributed by atoms with E-state index >= 15 is 0 Å². The molecule has 1 saturated heterocycles. The van der Waals surface area contributed by atoms with Crippen LogP contribution in [0.3, 0.4) is 0 Å². The minimum atomic E-state index is -4.50. The first-order valence-corrected chi connectivity index (χ1v) is 9.91. The fourth-order valence-corrected chi connectivity index (χ4v) is 4.17. The van der Waals surface area contributed by atoms with Gasteiger partial charge in [-0.3, -0.25) is 4.79 Å². The van der Waals surface area contributed by atoms with E-state index in [2.05, 4.69) is 15.5 Å². The molecule has 0 aliphatic carbocycles. The van der Waals surface area contributed by atoms with Crippen molar-refractivity contribution in [2.45, 2.75) is 25.8 Å². The predicted molar refractivity (Wildman–Crippen MR) is 91.3 cm³/mol. The molecule has 2 aromatic rings. The smallest absolute Gasteiger partial charge is 0.302 e. The molecular formula is C16H20FN5O3S. The van der Waals surface area contributed by atoms with Crippen LogP contribution in [0.5, 0.6) is 0 Å². The molecule has 1 aromatic carbocycles. The summed E-state index contributed by atoms with van der Waals surface area (Å²) in [6.07, 6.45) is 0.899. The summed E-state index contributed by atoms with van der Waals surface area (Å²) in [5.41, 5.74) is 0.765. The number of aromatic nitrogens is 4. The van der Waals surface area contributed by atoms with Crippen molar-refractivity contribution in [1.82, 2.24) is 25.1 Å². The van der Waals surface area contributed by atoms with E-state index in [-0.39, 0.29) is 11.8 Å². The van der Waals surface area contributed by atoms with Gasteiger partial charge in [0, 0.05) is 13.1 Å². The van der Waals surface area contributed by atoms with E-state index in [1.54, 1.807) is 11.8 Å². The lowest BCUT2D eigenvalue weighted by Gasteiger charge is -2.33. The monoisotopic (exact) mass is 381 g/mol. The second-order valence-electron chi connectivity index (χ2n) is 6.46. The van der Waals surface area contributed by atoms with Crippen molar-refractivity contribution in [1.29, 1.82) is 0 Å². The van der Waals surface area contributed by atoms with Gasteiger partial charge in [0.05, 0.1) is 5.75 Å². The number of benzene rings is 1. The molecule has 2 heterocycles. The van der Waals surface area contributed by atoms with Crippen LogP contribution in [0.25, 0.3) is 0 Å². The van der Waals surface area contributed by atoms with Gasteiger partial charge in [0.1, 0.15) is 5.82 Å². The lowest BCUT2D eigenvalue weighted by molar-refractivity contribution is -0.135. The zero-order valence-electron chi connectivity index (χ0n) is 14.3. The summed E-state index contributed by atoms with van der Waals surface area (Å²) in [6, 6.07) is 8.53. The SMILES string of the molecule is Cc1nnnn1C(C(=O)N1CCC(CS(=O)(=O)F)CC1)c1ccccc1. The van der Waals surface area contributed by atoms with E-state index in [4.69, 9.17) is 0 Å². The van der Waals surface area contributed by atoms with Crippen LogP contribution in [0.1, 0.15) is 30.3 Å². The van der Waals surface area contributed by atoms with Crippen LogP contribution in [0, 0.1) is 12.8 Å². The van der Waals surface area contributed by atoms with Crippen LogP contribution >= 0.6 is 0 Å². The normalized spacial score (nSPS) is 17.2. The number of tetrazole rings is 1. The Hall–Kier alpha value is -2.36. The van der Waals surface area contributed by atoms with E-state index in [9.17, 15) is 17.1 Å². The maximum atomic E-state index is 13.2. The summed E-state index contributed by atoms with van der Waals surface area (Å²) in [7, 11) is -4.50. The lowest BCUT2D eigenvalue weighted by Crippen LogP contribution is -2.44. The average Bonchev–Trinajstić information content (AvgIpc) is 3.01. The highest BCUT2D eigenvalue weighted by Gasteiger charge is 2.33. The standard InChI is InChI=1S/C16H20FN5O3S/c1-12-18-19-20-22(12)15(14-5-3-2-4-6-14)16(23)21-9-7-13(8-10-21)11-26(17,24)25/h2-6,13,15H,7-11H2,1H3. The molecule has 0 spiro atoms. The maximum Gasteiger partial charge on any atom is 0.302 e. The number of likely N-dealkylation sites (tertiary alicyclic amines) is 1. The van der Waals surface area contributed by atoms with Crippen molar-refractivity contribution in [2.75, 3.05) is 18.8 Å². The molecule has 1 aliphatic heterocycles. The van der Waals surface area contributed by atoms with Crippen molar-refractivity contribution in [2.24, 2.45) is 5.92 Å². The molecule has 140 valence electrons. The van der Waals surface area contributed by atoms with E-state index in [0.717, 1.165) is 5.56 Å². The van der Waals surface area contributed by atoms with Gasteiger partial charge in [-0.15, -0.1) is 8.98 Å². The van der Waals surface area contributed by atoms with Gasteiger partial charge in [-0.1, -0.05) is 30.3 Å². The zero-order chi connectivity index (χ0) is 18.7. The molecule has 0 radical (unpaired) electrons. The van der Waals surface area contributed by atoms with Gasteiger partial charge in [0.25, 0.3) is 5.91 Å². The average molecular weight is 381 g/mol. The summed E-state index contributed by atoms with van der Waals surface area (Å²) in [4.78, 5) is 14.8. The molecule has 1 unspecified atom stereocenters. The summed E-state index contributed by atoms with van der Waals surface area (Å²) in [5.74, 6) is -0.388. The Labute approximate surface area is 151 Å². The first-order chi connectivity index (χ1) is 12.3. The number of carbonyl (C=O) groups excluding carboxylic acids is 1. The summed E-state index contributed by atoms with van der Waals surface area (Å²) in [6.45, 7) is 2.48. The van der Waals surface area contributed by atoms with E-state index < -0.39 is 22.0 Å². The number of hydrogen-bond donors (Lipinski definition) is 0. The van der Waals surface area contributed by atoms with Crippen LogP contribution in [0.2, 0.25) is 0 Å². The molecule has 26 heavy (non-hydrogen) atoms. The molecule has 1 fully saturated rings. The number of piperidine rings is 1. The number of halogens is 1. The molecule has 10 heteroatoms. The molecule has 0 bridgehead atoms. The maximum absolute atomic E-state index is 13.2. The number of amides is 1. The third-order valence-corrected chi connectivity index (χ3v) is 5.48. The van der Waals surface area contributed by atoms with Gasteiger partial charge >= 0.3 is 10.2 Å². The second-order valence-corrected chi connectivity index (χ2v) is 7.87. The number of rotatable bonds is 5. The molecule has 0 saturated carbocycles. The molecule has 3 rings (SSSR count). The minimum absolute atomic E-state index is 0.159. The minimum Gasteiger partial charge on any atom is -0.341 e. The van der Waals surface area contributed by atoms with Crippen molar-refractivity contribution >= 4 is 16.1 Å². The zero-order valence-corrected chi connectivity index (χ0v) is 15.1. The fraction of sp³-hybridized carbons (Fsp3) is 0.500. The molecule has 0 N–H and O–H groups in total. The molecule has 1 atom stereocenters. The highest BCUT2D eigenvalue weighted by atomic mass is 32.3. The van der Waals surface area contributed by atoms with Crippen LogP contribution in [-0.4, -0.2) is 58.3 Å². The van der Waals surface area contributed by atoms with Crippen LogP contribution < -0.4 is 0 Å². The fourth-order valence-electron chi connectivity index (χ4n) is 3.28. The summed E-state index contributed by atoms with van der Waals surface area (Å²) >= 11 is 0. The molecular weight excluding hydrogens is 361 g/mol. The van der Waals surface area contributed by atoms with Gasteiger partial charge in [0.2, 0.25) is 0 Å². The molecule has 1 amide bonds. The summed E-state index contributed by atoms with van der Waals surface area (Å²) < 4.78 is 36.0. The Bertz CT molecular complexity index is 863. The molecule has 1 aromatic heterocycles. The van der Waals surface area contributed by atoms with Gasteiger partial charge < -0.3 is 4.90 Å². The van der Waals surface area contributed by atoms with Crippen LogP contribution in [-0.2, 0) is 15.0 Å². The molecule has 8 nitrogen and oxygen atoms in total. The number of carbonyl (C=O) groups is 1. The summed E-state index contributed by atoms with van der Waals surface area (Å²) in [5, 5.41) is 11.4. The van der Waals surface area contributed by atoms with Crippen molar-refractivity contribution in [3.8, 4) is 0 Å². The van der Waals surface area contributed by atoms with E-state index in [0.29, 0.717) is 31.8 Å². The lowest BCUT2D eigenvalue weighted by atomic mass is 9.97. The third kappa shape index (κ3) is 4.24. The third-order valence-electron chi connectivity index (χ3n) is 4.61. The van der Waals surface area contributed by atoms with Gasteiger partial charge in [-0.05, 0) is 41.7 Å². The first kappa shape index (κ1) is 18.4. The number of aryl methyl sites for hydroxylation is 1. The predicted octanol–water partition coefficient (Wildman–Crippen LogP) is 1.11. The topological polar surface area (TPSA) is 98.1 Å². The largest absolute Gasteiger partial charge is 0.341 e. The van der Waals surface area contributed by atoms with Crippen LogP contribution in [0.4, 0.5) is 3.89 Å². The highest BCUT2D eigenvalue weighted by Crippen LogP contribution is 2.25. The molecule has 1 aliphatic rings. The Kier molecular flexibility index (Phi) is 5.30. The quantitative estimate of drug-likeness (QED) is 0.720. The van der Waals surface area contributed by atoms with Gasteiger partial charge in [0.15, 0.2) is 6.04 Å². The highest BCUT2D eigenvalue weighted by molar-refractivity contribution is 7.86. The Morgan fingerprint density at radius 3 is 2.46 bits per heavy atom. The number of nitrogens with zero attached hydrogens (tertiary/aromatic N) is 5. The van der Waals surface area contributed by atoms with E-state index in [1.165, 1.54) is 4.68 Å². The van der Waals surface area contributed by atoms with Crippen molar-refractivity contribution in [3.05, 3.63) is 41.7 Å². The van der Waals surface area contributed by atoms with Crippen molar-refractivity contribution in [3.63, 3.8) is 0 Å². The second kappa shape index (κ2) is 7.48. The van der Waals surface area contributed by atoms with Crippen molar-refractivity contribution < 1.29 is 17.1 Å². The van der Waals surface area contributed by atoms with E-state index in [1.807, 2.05) is 30.3 Å².